The molecule has 51 heavy (non-hydrogen) atoms. The highest BCUT2D eigenvalue weighted by Crippen LogP contribution is 2.38. The molecule has 0 radical (unpaired) electrons. The number of aryl methyl sites for hydroxylation is 1. The van der Waals surface area contributed by atoms with Crippen molar-refractivity contribution in [3.05, 3.63) is 88.0 Å². The maximum absolute atomic E-state index is 12.4. The smallest absolute Gasteiger partial charge is 0.330 e. The normalized spacial score (nSPS) is 19.1. The van der Waals surface area contributed by atoms with Crippen LogP contribution in [0.3, 0.4) is 0 Å². The molecule has 14 nitrogen and oxygen atoms in total. The Hall–Kier alpha value is -4.79. The Morgan fingerprint density at radius 3 is 2.53 bits per heavy atom. The number of nitrogens with zero attached hydrogens (tertiary/aromatic N) is 1. The highest BCUT2D eigenvalue weighted by atomic mass is 17.0. The van der Waals surface area contributed by atoms with Gasteiger partial charge in [-0.25, -0.2) is 9.59 Å². The first-order chi connectivity index (χ1) is 24.5. The number of carbonyl (C=O) groups excluding carboxylic acids is 3. The molecule has 1 aliphatic rings. The van der Waals surface area contributed by atoms with Crippen LogP contribution in [0.4, 0.5) is 0 Å². The molecule has 0 heterocycles. The van der Waals surface area contributed by atoms with E-state index in [1.165, 1.54) is 30.9 Å². The number of hydrogen-bond acceptors (Lipinski definition) is 12. The molecule has 14 heteroatoms. The van der Waals surface area contributed by atoms with Crippen LogP contribution in [0.2, 0.25) is 0 Å². The molecule has 278 valence electrons. The fourth-order valence-corrected chi connectivity index (χ4v) is 5.92. The second kappa shape index (κ2) is 22.1. The fourth-order valence-electron chi connectivity index (χ4n) is 5.92. The first-order valence-electron chi connectivity index (χ1n) is 17.1. The quantitative estimate of drug-likeness (QED) is 0.0262. The Bertz CT molecular complexity index is 1460. The molecule has 2 aromatic rings. The van der Waals surface area contributed by atoms with E-state index in [4.69, 9.17) is 14.2 Å². The lowest BCUT2D eigenvalue weighted by Crippen LogP contribution is -2.31. The van der Waals surface area contributed by atoms with Crippen molar-refractivity contribution in [3.63, 3.8) is 0 Å². The van der Waals surface area contributed by atoms with Crippen LogP contribution in [0.15, 0.2) is 66.8 Å². The zero-order chi connectivity index (χ0) is 37.0. The van der Waals surface area contributed by atoms with Crippen LogP contribution in [0, 0.1) is 22.0 Å². The number of allylic oxidation sites excluding steroid dienone is 2. The van der Waals surface area contributed by atoms with Gasteiger partial charge in [-0.1, -0.05) is 48.6 Å². The third-order valence-corrected chi connectivity index (χ3v) is 8.59. The zero-order valence-corrected chi connectivity index (χ0v) is 28.8. The van der Waals surface area contributed by atoms with E-state index >= 15 is 0 Å². The summed E-state index contributed by atoms with van der Waals surface area (Å²) in [5, 5.41) is 43.3. The monoisotopic (exact) mass is 712 g/mol. The van der Waals surface area contributed by atoms with E-state index in [1.54, 1.807) is 6.07 Å². The average Bonchev–Trinajstić information content (AvgIpc) is 3.39. The molecule has 1 fully saturated rings. The van der Waals surface area contributed by atoms with Gasteiger partial charge in [0.2, 0.25) is 5.91 Å². The molecule has 0 bridgehead atoms. The van der Waals surface area contributed by atoms with E-state index < -0.39 is 35.3 Å². The molecule has 1 saturated carbocycles. The Morgan fingerprint density at radius 1 is 1.02 bits per heavy atom. The van der Waals surface area contributed by atoms with Crippen molar-refractivity contribution >= 4 is 23.9 Å². The summed E-state index contributed by atoms with van der Waals surface area (Å²) in [4.78, 5) is 50.6. The van der Waals surface area contributed by atoms with E-state index in [2.05, 4.69) is 10.2 Å². The summed E-state index contributed by atoms with van der Waals surface area (Å²) in [6.07, 6.45) is 9.71. The van der Waals surface area contributed by atoms with Crippen LogP contribution in [-0.4, -0.2) is 83.4 Å². The SMILES string of the molecule is COc1cc(C=CC(=O)OCCO[N+](=O)[O-])ccc1OC(=O)CNC(=O)CCCC=CC[C@@H]1[C@@H](CC[C@@H](O)CCc2ccccc2)[C@H](O)C[C@@H]1O. The molecular formula is C37H48N2O12. The molecule has 0 spiro atoms. The summed E-state index contributed by atoms with van der Waals surface area (Å²) in [5.41, 5.74) is 1.70. The van der Waals surface area contributed by atoms with Crippen molar-refractivity contribution in [1.82, 2.24) is 5.32 Å². The van der Waals surface area contributed by atoms with Gasteiger partial charge in [0.05, 0.1) is 25.4 Å². The van der Waals surface area contributed by atoms with Crippen LogP contribution in [-0.2, 0) is 30.4 Å². The number of amides is 1. The van der Waals surface area contributed by atoms with E-state index in [0.29, 0.717) is 50.5 Å². The first-order valence-corrected chi connectivity index (χ1v) is 17.1. The Balaban J connectivity index is 1.32. The van der Waals surface area contributed by atoms with Gasteiger partial charge in [0.25, 0.3) is 5.09 Å². The lowest BCUT2D eigenvalue weighted by atomic mass is 9.85. The van der Waals surface area contributed by atoms with Crippen LogP contribution in [0.5, 0.6) is 11.5 Å². The van der Waals surface area contributed by atoms with Crippen LogP contribution < -0.4 is 14.8 Å². The van der Waals surface area contributed by atoms with Gasteiger partial charge in [-0.2, -0.15) is 0 Å². The van der Waals surface area contributed by atoms with Crippen LogP contribution in [0.25, 0.3) is 6.08 Å². The standard InChI is InChI=1S/C37H48N2O12/c1-48-34-23-27(15-20-36(44)49-21-22-50-39(46)47)14-19-33(34)51-37(45)25-38-35(43)12-8-3-2-7-11-29-30(32(42)24-31(29)41)18-17-28(40)16-13-26-9-5-4-6-10-26/h2,4-7,9-10,14-15,19-20,23,28-32,40-42H,3,8,11-13,16-18,21-22,24-25H2,1H3,(H,38,43)/t28-,29+,30+,31-,32+/m0/s1. The summed E-state index contributed by atoms with van der Waals surface area (Å²) in [5.74, 6) is -1.63. The third-order valence-electron chi connectivity index (χ3n) is 8.59. The van der Waals surface area contributed by atoms with Crippen LogP contribution in [0.1, 0.15) is 62.5 Å². The van der Waals surface area contributed by atoms with Gasteiger partial charge in [0.1, 0.15) is 19.8 Å². The summed E-state index contributed by atoms with van der Waals surface area (Å²) in [6.45, 7) is -1.03. The van der Waals surface area contributed by atoms with E-state index in [1.807, 2.05) is 42.5 Å². The van der Waals surface area contributed by atoms with Crippen molar-refractivity contribution in [3.8, 4) is 11.5 Å². The second-order valence-corrected chi connectivity index (χ2v) is 12.3. The molecule has 5 atom stereocenters. The number of methoxy groups -OCH3 is 1. The van der Waals surface area contributed by atoms with Crippen LogP contribution >= 0.6 is 0 Å². The van der Waals surface area contributed by atoms with Gasteiger partial charge in [-0.3, -0.25) is 4.79 Å². The number of aliphatic hydroxyl groups excluding tert-OH is 3. The van der Waals surface area contributed by atoms with Gasteiger partial charge in [-0.05, 0) is 92.5 Å². The fraction of sp³-hybridized carbons (Fsp3) is 0.486. The van der Waals surface area contributed by atoms with Gasteiger partial charge in [-0.15, -0.1) is 10.1 Å². The number of hydrogen-bond donors (Lipinski definition) is 4. The van der Waals surface area contributed by atoms with Gasteiger partial charge in [0, 0.05) is 12.5 Å². The topological polar surface area (TPSA) is 204 Å². The van der Waals surface area contributed by atoms with Crippen molar-refractivity contribution in [2.24, 2.45) is 11.8 Å². The molecule has 2 aromatic carbocycles. The van der Waals surface area contributed by atoms with E-state index in [9.17, 15) is 39.8 Å². The molecule has 1 aliphatic carbocycles. The molecule has 4 N–H and O–H groups in total. The lowest BCUT2D eigenvalue weighted by molar-refractivity contribution is -0.757. The van der Waals surface area contributed by atoms with Gasteiger partial charge < -0.3 is 39.7 Å². The third kappa shape index (κ3) is 15.3. The largest absolute Gasteiger partial charge is 0.493 e. The van der Waals surface area contributed by atoms with Gasteiger partial charge >= 0.3 is 11.9 Å². The molecule has 1 amide bonds. The number of aliphatic hydroxyl groups is 3. The maximum atomic E-state index is 12.4. The molecule has 0 aliphatic heterocycles. The zero-order valence-electron chi connectivity index (χ0n) is 28.8. The minimum atomic E-state index is -0.988. The molecule has 3 rings (SSSR count). The average molecular weight is 713 g/mol. The number of esters is 2. The molecular weight excluding hydrogens is 664 g/mol. The summed E-state index contributed by atoms with van der Waals surface area (Å²) >= 11 is 0. The predicted octanol–water partition coefficient (Wildman–Crippen LogP) is 3.73. The Labute approximate surface area is 297 Å². The highest BCUT2D eigenvalue weighted by Gasteiger charge is 2.40. The van der Waals surface area contributed by atoms with E-state index in [-0.39, 0.29) is 55.4 Å². The lowest BCUT2D eigenvalue weighted by Gasteiger charge is -2.23. The molecule has 0 saturated heterocycles. The van der Waals surface area contributed by atoms with Gasteiger partial charge in [0.15, 0.2) is 11.5 Å². The molecule has 0 aromatic heterocycles. The maximum Gasteiger partial charge on any atom is 0.330 e. The first kappa shape index (κ1) is 40.6. The summed E-state index contributed by atoms with van der Waals surface area (Å²) in [7, 11) is 1.37. The number of ether oxygens (including phenoxy) is 3. The number of unbranched alkanes of at least 4 members (excludes halogenated alkanes) is 1. The van der Waals surface area contributed by atoms with Crippen molar-refractivity contribution in [2.45, 2.75) is 76.1 Å². The second-order valence-electron chi connectivity index (χ2n) is 12.3. The van der Waals surface area contributed by atoms with Crippen molar-refractivity contribution < 1.29 is 53.8 Å². The van der Waals surface area contributed by atoms with E-state index in [0.717, 1.165) is 12.5 Å². The number of nitrogens with one attached hydrogen (secondary N) is 1. The minimum absolute atomic E-state index is 0.0923. The Kier molecular flexibility index (Phi) is 17.6. The number of rotatable bonds is 22. The minimum Gasteiger partial charge on any atom is -0.493 e. The summed E-state index contributed by atoms with van der Waals surface area (Å²) < 4.78 is 15.4. The summed E-state index contributed by atoms with van der Waals surface area (Å²) in [6, 6.07) is 14.5. The van der Waals surface area contributed by atoms with Crippen molar-refractivity contribution in [1.29, 1.82) is 0 Å². The predicted molar refractivity (Wildman–Crippen MR) is 186 cm³/mol. The number of benzene rings is 2. The van der Waals surface area contributed by atoms with Crippen molar-refractivity contribution in [2.75, 3.05) is 26.9 Å². The molecule has 0 unspecified atom stereocenters. The number of carbonyl (C=O) groups is 3. The highest BCUT2D eigenvalue weighted by molar-refractivity contribution is 5.87. The Morgan fingerprint density at radius 2 is 1.78 bits per heavy atom.